The number of rotatable bonds is 2. The van der Waals surface area contributed by atoms with Crippen LogP contribution in [0.4, 0.5) is 0 Å². The van der Waals surface area contributed by atoms with Crippen molar-refractivity contribution in [2.45, 2.75) is 11.0 Å². The molecule has 1 aliphatic rings. The first-order valence-electron chi connectivity index (χ1n) is 4.34. The SMILES string of the molecule is O=S(=O)(c1ccccc1)N1CC(O)C1. The maximum absolute atomic E-state index is 11.8. The van der Waals surface area contributed by atoms with Crippen LogP contribution >= 0.6 is 0 Å². The van der Waals surface area contributed by atoms with Gasteiger partial charge in [-0.05, 0) is 12.1 Å². The zero-order valence-electron chi connectivity index (χ0n) is 7.50. The Labute approximate surface area is 82.8 Å². The molecule has 0 amide bonds. The lowest BCUT2D eigenvalue weighted by atomic mass is 10.2. The second kappa shape index (κ2) is 3.34. The molecule has 1 aromatic carbocycles. The maximum Gasteiger partial charge on any atom is 0.243 e. The van der Waals surface area contributed by atoms with Crippen molar-refractivity contribution in [3.05, 3.63) is 30.3 Å². The highest BCUT2D eigenvalue weighted by Gasteiger charge is 2.35. The Bertz CT molecular complexity index is 409. The van der Waals surface area contributed by atoms with Crippen LogP contribution in [-0.4, -0.2) is 37.0 Å². The van der Waals surface area contributed by atoms with Crippen LogP contribution in [0.2, 0.25) is 0 Å². The summed E-state index contributed by atoms with van der Waals surface area (Å²) in [5.74, 6) is 0. The lowest BCUT2D eigenvalue weighted by molar-refractivity contribution is 0.0548. The summed E-state index contributed by atoms with van der Waals surface area (Å²) in [7, 11) is -3.36. The zero-order chi connectivity index (χ0) is 10.2. The first kappa shape index (κ1) is 9.64. The average molecular weight is 213 g/mol. The third-order valence-corrected chi connectivity index (χ3v) is 4.06. The minimum atomic E-state index is -3.36. The van der Waals surface area contributed by atoms with Gasteiger partial charge in [0.05, 0.1) is 11.0 Å². The van der Waals surface area contributed by atoms with Gasteiger partial charge in [0.2, 0.25) is 10.0 Å². The summed E-state index contributed by atoms with van der Waals surface area (Å²) in [5, 5.41) is 9.02. The van der Waals surface area contributed by atoms with Gasteiger partial charge in [-0.1, -0.05) is 18.2 Å². The molecule has 1 heterocycles. The van der Waals surface area contributed by atoms with Crippen molar-refractivity contribution in [1.29, 1.82) is 0 Å². The number of β-amino-alcohol motifs (C(OH)–C–C–N with tert-alkyl or cyclic N) is 1. The van der Waals surface area contributed by atoms with E-state index in [-0.39, 0.29) is 18.0 Å². The van der Waals surface area contributed by atoms with Gasteiger partial charge in [0, 0.05) is 13.1 Å². The van der Waals surface area contributed by atoms with Crippen LogP contribution < -0.4 is 0 Å². The van der Waals surface area contributed by atoms with Crippen molar-refractivity contribution in [2.75, 3.05) is 13.1 Å². The van der Waals surface area contributed by atoms with Crippen molar-refractivity contribution < 1.29 is 13.5 Å². The summed E-state index contributed by atoms with van der Waals surface area (Å²) in [5.41, 5.74) is 0. The van der Waals surface area contributed by atoms with Gasteiger partial charge in [0.25, 0.3) is 0 Å². The lowest BCUT2D eigenvalue weighted by Crippen LogP contribution is -2.53. The van der Waals surface area contributed by atoms with Crippen molar-refractivity contribution in [3.63, 3.8) is 0 Å². The van der Waals surface area contributed by atoms with E-state index in [0.717, 1.165) is 0 Å². The molecule has 1 fully saturated rings. The molecule has 76 valence electrons. The molecule has 5 heteroatoms. The molecule has 0 atom stereocenters. The molecular weight excluding hydrogens is 202 g/mol. The molecule has 0 aliphatic carbocycles. The molecule has 1 saturated heterocycles. The van der Waals surface area contributed by atoms with E-state index in [4.69, 9.17) is 5.11 Å². The van der Waals surface area contributed by atoms with E-state index in [2.05, 4.69) is 0 Å². The molecule has 14 heavy (non-hydrogen) atoms. The predicted octanol–water partition coefficient (Wildman–Crippen LogP) is 0.0518. The van der Waals surface area contributed by atoms with Gasteiger partial charge in [-0.2, -0.15) is 4.31 Å². The fraction of sp³-hybridized carbons (Fsp3) is 0.333. The molecule has 0 saturated carbocycles. The van der Waals surface area contributed by atoms with Crippen LogP contribution in [-0.2, 0) is 10.0 Å². The number of benzene rings is 1. The Kier molecular flexibility index (Phi) is 2.30. The Morgan fingerprint density at radius 3 is 2.29 bits per heavy atom. The number of aliphatic hydroxyl groups is 1. The lowest BCUT2D eigenvalue weighted by Gasteiger charge is -2.34. The van der Waals surface area contributed by atoms with E-state index < -0.39 is 16.1 Å². The summed E-state index contributed by atoms with van der Waals surface area (Å²) in [6.07, 6.45) is -0.506. The van der Waals surface area contributed by atoms with Crippen molar-refractivity contribution >= 4 is 10.0 Å². The number of hydrogen-bond donors (Lipinski definition) is 1. The molecular formula is C9H11NO3S. The summed E-state index contributed by atoms with van der Waals surface area (Å²) >= 11 is 0. The van der Waals surface area contributed by atoms with E-state index in [1.165, 1.54) is 4.31 Å². The normalized spacial score (nSPS) is 19.2. The monoisotopic (exact) mass is 213 g/mol. The third-order valence-electron chi connectivity index (χ3n) is 2.21. The van der Waals surface area contributed by atoms with Gasteiger partial charge in [-0.15, -0.1) is 0 Å². The van der Waals surface area contributed by atoms with E-state index in [9.17, 15) is 8.42 Å². The van der Waals surface area contributed by atoms with E-state index in [0.29, 0.717) is 0 Å². The molecule has 2 rings (SSSR count). The first-order chi connectivity index (χ1) is 6.60. The smallest absolute Gasteiger partial charge is 0.243 e. The number of sulfonamides is 1. The van der Waals surface area contributed by atoms with Gasteiger partial charge in [0.15, 0.2) is 0 Å². The minimum Gasteiger partial charge on any atom is -0.390 e. The van der Waals surface area contributed by atoms with E-state index in [1.807, 2.05) is 0 Å². The summed E-state index contributed by atoms with van der Waals surface area (Å²) in [6, 6.07) is 8.25. The fourth-order valence-corrected chi connectivity index (χ4v) is 2.89. The van der Waals surface area contributed by atoms with Crippen LogP contribution in [0, 0.1) is 0 Å². The van der Waals surface area contributed by atoms with Crippen LogP contribution in [0.25, 0.3) is 0 Å². The van der Waals surface area contributed by atoms with Gasteiger partial charge in [-0.25, -0.2) is 8.42 Å². The highest BCUT2D eigenvalue weighted by Crippen LogP contribution is 2.20. The number of hydrogen-bond acceptors (Lipinski definition) is 3. The average Bonchev–Trinajstić information content (AvgIpc) is 2.14. The third kappa shape index (κ3) is 1.54. The maximum atomic E-state index is 11.8. The predicted molar refractivity (Wildman–Crippen MR) is 51.2 cm³/mol. The number of nitrogens with zero attached hydrogens (tertiary/aromatic N) is 1. The molecule has 1 aromatic rings. The Morgan fingerprint density at radius 2 is 1.79 bits per heavy atom. The standard InChI is InChI=1S/C9H11NO3S/c11-8-6-10(7-8)14(12,13)9-4-2-1-3-5-9/h1-5,8,11H,6-7H2. The molecule has 4 nitrogen and oxygen atoms in total. The largest absolute Gasteiger partial charge is 0.390 e. The van der Waals surface area contributed by atoms with Gasteiger partial charge < -0.3 is 5.11 Å². The van der Waals surface area contributed by atoms with Crippen LogP contribution in [0.15, 0.2) is 35.2 Å². The van der Waals surface area contributed by atoms with Gasteiger partial charge in [0.1, 0.15) is 0 Å². The first-order valence-corrected chi connectivity index (χ1v) is 5.78. The van der Waals surface area contributed by atoms with Crippen LogP contribution in [0.3, 0.4) is 0 Å². The van der Waals surface area contributed by atoms with Crippen molar-refractivity contribution in [1.82, 2.24) is 4.31 Å². The highest BCUT2D eigenvalue weighted by molar-refractivity contribution is 7.89. The molecule has 0 aromatic heterocycles. The van der Waals surface area contributed by atoms with Crippen LogP contribution in [0.5, 0.6) is 0 Å². The topological polar surface area (TPSA) is 57.6 Å². The highest BCUT2D eigenvalue weighted by atomic mass is 32.2. The Balaban J connectivity index is 2.26. The van der Waals surface area contributed by atoms with E-state index >= 15 is 0 Å². The zero-order valence-corrected chi connectivity index (χ0v) is 8.31. The van der Waals surface area contributed by atoms with Crippen molar-refractivity contribution in [3.8, 4) is 0 Å². The van der Waals surface area contributed by atoms with E-state index in [1.54, 1.807) is 30.3 Å². The quantitative estimate of drug-likeness (QED) is 0.755. The fourth-order valence-electron chi connectivity index (χ4n) is 1.35. The summed E-state index contributed by atoms with van der Waals surface area (Å²) in [6.45, 7) is 0.411. The number of aliphatic hydroxyl groups excluding tert-OH is 1. The van der Waals surface area contributed by atoms with Crippen molar-refractivity contribution in [2.24, 2.45) is 0 Å². The molecule has 0 spiro atoms. The second-order valence-corrected chi connectivity index (χ2v) is 5.23. The Morgan fingerprint density at radius 1 is 1.21 bits per heavy atom. The summed E-state index contributed by atoms with van der Waals surface area (Å²) in [4.78, 5) is 0.284. The molecule has 1 aliphatic heterocycles. The second-order valence-electron chi connectivity index (χ2n) is 3.29. The molecule has 0 radical (unpaired) electrons. The van der Waals surface area contributed by atoms with Gasteiger partial charge >= 0.3 is 0 Å². The summed E-state index contributed by atoms with van der Waals surface area (Å²) < 4.78 is 24.8. The molecule has 1 N–H and O–H groups in total. The Hall–Kier alpha value is -0.910. The molecule has 0 unspecified atom stereocenters. The minimum absolute atomic E-state index is 0.206. The van der Waals surface area contributed by atoms with Crippen LogP contribution in [0.1, 0.15) is 0 Å². The molecule has 0 bridgehead atoms. The van der Waals surface area contributed by atoms with Gasteiger partial charge in [-0.3, -0.25) is 0 Å².